The first-order valence-electron chi connectivity index (χ1n) is 8.89. The van der Waals surface area contributed by atoms with Crippen molar-refractivity contribution < 1.29 is 0 Å². The molecule has 3 heteroatoms. The highest BCUT2D eigenvalue weighted by molar-refractivity contribution is 9.11. The second-order valence-corrected chi connectivity index (χ2v) is 7.80. The molecule has 0 radical (unpaired) electrons. The molecule has 0 atom stereocenters. The third kappa shape index (κ3) is 3.56. The van der Waals surface area contributed by atoms with Gasteiger partial charge in [-0.3, -0.25) is 0 Å². The molecule has 1 heterocycles. The number of aryl methyl sites for hydroxylation is 1. The molecule has 2 nitrogen and oxygen atoms in total. The summed E-state index contributed by atoms with van der Waals surface area (Å²) in [5.74, 6) is 0.745. The number of fused-ring (bicyclic) bond motifs is 1. The van der Waals surface area contributed by atoms with Gasteiger partial charge in [0.25, 0.3) is 0 Å². The first-order chi connectivity index (χ1) is 13.1. The van der Waals surface area contributed by atoms with Gasteiger partial charge in [-0.1, -0.05) is 88.7 Å². The van der Waals surface area contributed by atoms with Crippen LogP contribution in [0.4, 0.5) is 0 Å². The van der Waals surface area contributed by atoms with Crippen molar-refractivity contribution in [3.05, 3.63) is 88.4 Å². The average molecular weight is 415 g/mol. The Hall–Kier alpha value is -2.78. The molecule has 0 aliphatic carbocycles. The number of aromatic nitrogens is 2. The van der Waals surface area contributed by atoms with Crippen molar-refractivity contribution in [3.8, 4) is 22.6 Å². The van der Waals surface area contributed by atoms with Crippen LogP contribution in [0.2, 0.25) is 0 Å². The number of hydrogen-bond donors (Lipinski definition) is 0. The molecule has 0 aliphatic heterocycles. The lowest BCUT2D eigenvalue weighted by Gasteiger charge is -2.13. The third-order valence-electron chi connectivity index (χ3n) is 4.55. The highest BCUT2D eigenvalue weighted by Gasteiger charge is 2.14. The van der Waals surface area contributed by atoms with Crippen LogP contribution < -0.4 is 0 Å². The maximum atomic E-state index is 4.97. The van der Waals surface area contributed by atoms with E-state index < -0.39 is 0 Å². The van der Waals surface area contributed by atoms with Crippen LogP contribution in [-0.4, -0.2) is 9.97 Å². The summed E-state index contributed by atoms with van der Waals surface area (Å²) in [7, 11) is 0. The molecule has 0 fully saturated rings. The minimum absolute atomic E-state index is 0.745. The van der Waals surface area contributed by atoms with Crippen LogP contribution in [0.3, 0.4) is 0 Å². The molecular weight excluding hydrogens is 396 g/mol. The predicted octanol–water partition coefficient (Wildman–Crippen LogP) is 7.03. The van der Waals surface area contributed by atoms with Crippen LogP contribution in [0.1, 0.15) is 18.1 Å². The summed E-state index contributed by atoms with van der Waals surface area (Å²) in [6.07, 6.45) is 2.13. The van der Waals surface area contributed by atoms with Crippen LogP contribution in [0, 0.1) is 6.92 Å². The Balaban J connectivity index is 2.11. The van der Waals surface area contributed by atoms with Crippen LogP contribution in [0.5, 0.6) is 0 Å². The summed E-state index contributed by atoms with van der Waals surface area (Å²) >= 11 is 3.58. The van der Waals surface area contributed by atoms with E-state index in [2.05, 4.69) is 65.3 Å². The Morgan fingerprint density at radius 1 is 0.815 bits per heavy atom. The van der Waals surface area contributed by atoms with Crippen LogP contribution in [0.15, 0.2) is 77.3 Å². The summed E-state index contributed by atoms with van der Waals surface area (Å²) < 4.78 is 1.07. The molecule has 132 valence electrons. The zero-order chi connectivity index (χ0) is 18.8. The third-order valence-corrected chi connectivity index (χ3v) is 4.78. The molecule has 0 aliphatic rings. The van der Waals surface area contributed by atoms with Crippen molar-refractivity contribution in [3.63, 3.8) is 0 Å². The molecular formula is C24H19BrN2. The van der Waals surface area contributed by atoms with E-state index in [1.807, 2.05) is 43.3 Å². The maximum absolute atomic E-state index is 4.97. The summed E-state index contributed by atoms with van der Waals surface area (Å²) in [6, 6.07) is 24.7. The van der Waals surface area contributed by atoms with Crippen LogP contribution in [-0.2, 0) is 0 Å². The Bertz CT molecular complexity index is 1130. The summed E-state index contributed by atoms with van der Waals surface area (Å²) in [6.45, 7) is 4.16. The zero-order valence-electron chi connectivity index (χ0n) is 15.3. The van der Waals surface area contributed by atoms with E-state index in [9.17, 15) is 0 Å². The van der Waals surface area contributed by atoms with Crippen molar-refractivity contribution in [1.82, 2.24) is 9.97 Å². The van der Waals surface area contributed by atoms with Gasteiger partial charge >= 0.3 is 0 Å². The average Bonchev–Trinajstić information content (AvgIpc) is 2.70. The quantitative estimate of drug-likeness (QED) is 0.359. The van der Waals surface area contributed by atoms with Gasteiger partial charge in [0, 0.05) is 22.1 Å². The molecule has 0 unspecified atom stereocenters. The van der Waals surface area contributed by atoms with Gasteiger partial charge in [0.15, 0.2) is 5.82 Å². The molecule has 0 amide bonds. The fourth-order valence-corrected chi connectivity index (χ4v) is 3.46. The van der Waals surface area contributed by atoms with E-state index in [4.69, 9.17) is 9.97 Å². The summed E-state index contributed by atoms with van der Waals surface area (Å²) in [4.78, 5) is 9.92. The molecule has 1 aromatic heterocycles. The molecule has 27 heavy (non-hydrogen) atoms. The van der Waals surface area contributed by atoms with E-state index in [1.165, 1.54) is 5.56 Å². The van der Waals surface area contributed by atoms with E-state index in [0.29, 0.717) is 0 Å². The fraction of sp³-hybridized carbons (Fsp3) is 0.0833. The van der Waals surface area contributed by atoms with Crippen molar-refractivity contribution >= 4 is 32.9 Å². The van der Waals surface area contributed by atoms with Crippen molar-refractivity contribution in [2.75, 3.05) is 0 Å². The van der Waals surface area contributed by atoms with Gasteiger partial charge in [-0.2, -0.15) is 0 Å². The minimum Gasteiger partial charge on any atom is -0.227 e. The van der Waals surface area contributed by atoms with Crippen molar-refractivity contribution in [2.24, 2.45) is 0 Å². The van der Waals surface area contributed by atoms with Crippen LogP contribution in [0.25, 0.3) is 39.6 Å². The lowest BCUT2D eigenvalue weighted by molar-refractivity contribution is 1.22. The predicted molar refractivity (Wildman–Crippen MR) is 118 cm³/mol. The van der Waals surface area contributed by atoms with Crippen molar-refractivity contribution in [2.45, 2.75) is 13.8 Å². The SMILES string of the molecule is C/C(Br)=C\c1c(C)ccc2c(-c3ccccc3)nc(-c3ccccc3)nc12. The maximum Gasteiger partial charge on any atom is 0.160 e. The first kappa shape index (κ1) is 17.6. The Morgan fingerprint density at radius 2 is 1.44 bits per heavy atom. The van der Waals surface area contributed by atoms with Crippen molar-refractivity contribution in [1.29, 1.82) is 0 Å². The number of rotatable bonds is 3. The monoisotopic (exact) mass is 414 g/mol. The lowest BCUT2D eigenvalue weighted by Crippen LogP contribution is -1.98. The van der Waals surface area contributed by atoms with E-state index in [-0.39, 0.29) is 0 Å². The second kappa shape index (κ2) is 7.45. The molecule has 0 saturated carbocycles. The van der Waals surface area contributed by atoms with Crippen LogP contribution >= 0.6 is 15.9 Å². The smallest absolute Gasteiger partial charge is 0.160 e. The van der Waals surface area contributed by atoms with E-state index in [0.717, 1.165) is 43.6 Å². The Kier molecular flexibility index (Phi) is 4.87. The molecule has 0 N–H and O–H groups in total. The van der Waals surface area contributed by atoms with Gasteiger partial charge in [0.1, 0.15) is 0 Å². The number of benzene rings is 3. The molecule has 4 aromatic rings. The normalized spacial score (nSPS) is 11.7. The standard InChI is InChI=1S/C24H19BrN2/c1-16-13-14-20-22(18-9-5-3-6-10-18)26-24(19-11-7-4-8-12-19)27-23(20)21(16)15-17(2)25/h3-15H,1-2H3/b17-15+. The van der Waals surface area contributed by atoms with Gasteiger partial charge in [-0.25, -0.2) is 9.97 Å². The molecule has 0 spiro atoms. The van der Waals surface area contributed by atoms with E-state index >= 15 is 0 Å². The highest BCUT2D eigenvalue weighted by Crippen LogP contribution is 2.33. The number of halogens is 1. The van der Waals surface area contributed by atoms with Gasteiger partial charge in [0.2, 0.25) is 0 Å². The number of nitrogens with zero attached hydrogens (tertiary/aromatic N) is 2. The second-order valence-electron chi connectivity index (χ2n) is 6.55. The summed E-state index contributed by atoms with van der Waals surface area (Å²) in [5.41, 5.74) is 6.36. The molecule has 0 saturated heterocycles. The molecule has 4 rings (SSSR count). The van der Waals surface area contributed by atoms with Gasteiger partial charge in [-0.05, 0) is 30.0 Å². The number of allylic oxidation sites excluding steroid dienone is 1. The van der Waals surface area contributed by atoms with Gasteiger partial charge < -0.3 is 0 Å². The largest absolute Gasteiger partial charge is 0.227 e. The first-order valence-corrected chi connectivity index (χ1v) is 9.69. The van der Waals surface area contributed by atoms with E-state index in [1.54, 1.807) is 0 Å². The Morgan fingerprint density at radius 3 is 2.07 bits per heavy atom. The zero-order valence-corrected chi connectivity index (χ0v) is 16.9. The van der Waals surface area contributed by atoms with Gasteiger partial charge in [0.05, 0.1) is 11.2 Å². The Labute approximate surface area is 167 Å². The highest BCUT2D eigenvalue weighted by atomic mass is 79.9. The minimum atomic E-state index is 0.745. The summed E-state index contributed by atoms with van der Waals surface area (Å²) in [5, 5.41) is 1.06. The molecule has 0 bridgehead atoms. The lowest BCUT2D eigenvalue weighted by atomic mass is 9.99. The molecule has 3 aromatic carbocycles. The fourth-order valence-electron chi connectivity index (χ4n) is 3.23. The number of hydrogen-bond acceptors (Lipinski definition) is 2. The topological polar surface area (TPSA) is 25.8 Å². The van der Waals surface area contributed by atoms with Gasteiger partial charge in [-0.15, -0.1) is 0 Å².